The lowest BCUT2D eigenvalue weighted by atomic mass is 10.1. The topological polar surface area (TPSA) is 109 Å². The predicted molar refractivity (Wildman–Crippen MR) is 156 cm³/mol. The number of hydrogen-bond acceptors (Lipinski definition) is 6. The van der Waals surface area contributed by atoms with Gasteiger partial charge < -0.3 is 9.97 Å². The Morgan fingerprint density at radius 3 is 1.28 bits per heavy atom. The van der Waals surface area contributed by atoms with Crippen LogP contribution in [-0.4, -0.2) is 39.9 Å². The minimum atomic E-state index is -0.471. The molecule has 2 aliphatic rings. The van der Waals surface area contributed by atoms with E-state index in [9.17, 15) is 13.2 Å². The molecule has 0 radical (unpaired) electrons. The normalized spacial score (nSPS) is 12.1. The maximum Gasteiger partial charge on any atom is 0.164 e. The van der Waals surface area contributed by atoms with Crippen molar-refractivity contribution >= 4 is 44.1 Å². The summed E-state index contributed by atoms with van der Waals surface area (Å²) in [6.45, 7) is 0. The molecule has 5 heterocycles. The standard InChI is InChI=1S/C32H15F3N8/c33-14-5-8-19-22(11-14)31-39-27(19)37-25-17-3-1-2-4-18(17)26(36-25)38-30-23-12-15(34)6-9-20(23)28(40-30)42-32-24-13-16(35)7-10-21(24)29(41-31)43-32/h1-13H,(H2,36,37,38,39,40,41,42,43). The monoisotopic (exact) mass is 568 g/mol. The number of halogens is 3. The van der Waals surface area contributed by atoms with E-state index >= 15 is 0 Å². The van der Waals surface area contributed by atoms with Gasteiger partial charge in [-0.2, -0.15) is 0 Å². The molecule has 0 aliphatic carbocycles. The van der Waals surface area contributed by atoms with Crippen LogP contribution in [0, 0.1) is 17.5 Å². The average molecular weight is 569 g/mol. The van der Waals surface area contributed by atoms with Gasteiger partial charge in [0.25, 0.3) is 0 Å². The zero-order chi connectivity index (χ0) is 28.8. The van der Waals surface area contributed by atoms with Gasteiger partial charge in [0, 0.05) is 43.8 Å². The molecular weight excluding hydrogens is 553 g/mol. The number of rotatable bonds is 0. The van der Waals surface area contributed by atoms with Crippen LogP contribution in [0.15, 0.2) is 78.9 Å². The van der Waals surface area contributed by atoms with Gasteiger partial charge in [-0.3, -0.25) is 0 Å². The van der Waals surface area contributed by atoms with Crippen LogP contribution in [-0.2, 0) is 0 Å². The molecule has 0 spiro atoms. The molecule has 9 rings (SSSR count). The Balaban J connectivity index is 1.51. The molecule has 8 nitrogen and oxygen atoms in total. The summed E-state index contributed by atoms with van der Waals surface area (Å²) in [7, 11) is 0. The van der Waals surface area contributed by atoms with Crippen LogP contribution in [0.1, 0.15) is 0 Å². The highest BCUT2D eigenvalue weighted by Crippen LogP contribution is 2.37. The van der Waals surface area contributed by atoms with Gasteiger partial charge in [-0.1, -0.05) is 24.3 Å². The van der Waals surface area contributed by atoms with Crippen molar-refractivity contribution in [2.24, 2.45) is 0 Å². The molecule has 0 saturated heterocycles. The molecule has 0 fully saturated rings. The molecule has 2 N–H and O–H groups in total. The number of benzene rings is 4. The Morgan fingerprint density at radius 2 is 0.767 bits per heavy atom. The number of fused-ring (bicyclic) bond motifs is 20. The Morgan fingerprint density at radius 1 is 0.372 bits per heavy atom. The third-order valence-electron chi connectivity index (χ3n) is 7.62. The van der Waals surface area contributed by atoms with Gasteiger partial charge >= 0.3 is 0 Å². The molecule has 0 amide bonds. The predicted octanol–water partition coefficient (Wildman–Crippen LogP) is 7.29. The van der Waals surface area contributed by atoms with E-state index in [1.54, 1.807) is 18.2 Å². The summed E-state index contributed by atoms with van der Waals surface area (Å²) < 4.78 is 43.4. The lowest BCUT2D eigenvalue weighted by molar-refractivity contribution is 0.628. The molecule has 2 aliphatic heterocycles. The first-order valence-corrected chi connectivity index (χ1v) is 13.3. The third kappa shape index (κ3) is 3.58. The lowest BCUT2D eigenvalue weighted by Crippen LogP contribution is -1.84. The van der Waals surface area contributed by atoms with E-state index in [4.69, 9.17) is 24.9 Å². The summed E-state index contributed by atoms with van der Waals surface area (Å²) in [5, 5.41) is 2.19. The summed E-state index contributed by atoms with van der Waals surface area (Å²) in [4.78, 5) is 35.0. The van der Waals surface area contributed by atoms with E-state index in [0.717, 1.165) is 11.1 Å². The smallest absolute Gasteiger partial charge is 0.164 e. The maximum absolute atomic E-state index is 14.5. The van der Waals surface area contributed by atoms with Crippen molar-refractivity contribution in [1.82, 2.24) is 39.9 Å². The molecule has 0 atom stereocenters. The minimum Gasteiger partial charge on any atom is -0.324 e. The number of nitrogens with zero attached hydrogens (tertiary/aromatic N) is 6. The van der Waals surface area contributed by atoms with Crippen molar-refractivity contribution in [1.29, 1.82) is 0 Å². The van der Waals surface area contributed by atoms with Gasteiger partial charge in [0.1, 0.15) is 40.0 Å². The summed E-state index contributed by atoms with van der Waals surface area (Å²) in [6, 6.07) is 20.4. The van der Waals surface area contributed by atoms with Crippen molar-refractivity contribution < 1.29 is 13.2 Å². The van der Waals surface area contributed by atoms with E-state index in [1.807, 2.05) is 24.3 Å². The fourth-order valence-corrected chi connectivity index (χ4v) is 5.66. The van der Waals surface area contributed by atoms with Crippen LogP contribution < -0.4 is 0 Å². The van der Waals surface area contributed by atoms with E-state index in [2.05, 4.69) is 15.0 Å². The quantitative estimate of drug-likeness (QED) is 0.199. The second-order valence-corrected chi connectivity index (χ2v) is 10.2. The van der Waals surface area contributed by atoms with Crippen LogP contribution in [0.2, 0.25) is 0 Å². The van der Waals surface area contributed by atoms with Crippen molar-refractivity contribution in [3.63, 3.8) is 0 Å². The first kappa shape index (κ1) is 23.7. The highest BCUT2D eigenvalue weighted by Gasteiger charge is 2.22. The zero-order valence-electron chi connectivity index (χ0n) is 21.8. The SMILES string of the molecule is Fc1ccc2c(c1)-c1nc-2nc2[nH]c(nc3nc(nc4[nH]c(n1)c1ccc(F)cc41)-c1ccccc1-3)c1ccc(F)cc21. The van der Waals surface area contributed by atoms with Crippen molar-refractivity contribution in [3.8, 4) is 45.6 Å². The van der Waals surface area contributed by atoms with Crippen LogP contribution >= 0.6 is 0 Å². The molecule has 204 valence electrons. The largest absolute Gasteiger partial charge is 0.324 e. The lowest BCUT2D eigenvalue weighted by Gasteiger charge is -1.98. The molecule has 3 aromatic heterocycles. The molecule has 7 aromatic rings. The number of nitrogens with one attached hydrogen (secondary N) is 2. The third-order valence-corrected chi connectivity index (χ3v) is 7.62. The van der Waals surface area contributed by atoms with Crippen molar-refractivity contribution in [3.05, 3.63) is 96.3 Å². The highest BCUT2D eigenvalue weighted by atomic mass is 19.1. The molecule has 8 bridgehead atoms. The Bertz CT molecular complexity index is 2510. The molecule has 11 heteroatoms. The van der Waals surface area contributed by atoms with Gasteiger partial charge in [0.05, 0.1) is 0 Å². The number of H-pyrrole nitrogens is 2. The van der Waals surface area contributed by atoms with Crippen LogP contribution in [0.25, 0.3) is 89.7 Å². The van der Waals surface area contributed by atoms with Crippen LogP contribution in [0.4, 0.5) is 13.2 Å². The molecule has 4 aromatic carbocycles. The van der Waals surface area contributed by atoms with Gasteiger partial charge in [-0.05, 0) is 54.6 Å². The average Bonchev–Trinajstić information content (AvgIpc) is 3.72. The van der Waals surface area contributed by atoms with Crippen molar-refractivity contribution in [2.75, 3.05) is 0 Å². The molecule has 0 unspecified atom stereocenters. The Hall–Kier alpha value is -5.97. The maximum atomic E-state index is 14.5. The summed E-state index contributed by atoms with van der Waals surface area (Å²) in [5.74, 6) is -0.142. The molecular formula is C32H15F3N8. The molecule has 43 heavy (non-hydrogen) atoms. The van der Waals surface area contributed by atoms with E-state index < -0.39 is 17.5 Å². The second-order valence-electron chi connectivity index (χ2n) is 10.2. The summed E-state index contributed by atoms with van der Waals surface area (Å²) in [5.41, 5.74) is 3.87. The highest BCUT2D eigenvalue weighted by molar-refractivity contribution is 6.06. The minimum absolute atomic E-state index is 0.200. The fourth-order valence-electron chi connectivity index (χ4n) is 5.66. The van der Waals surface area contributed by atoms with E-state index in [0.29, 0.717) is 66.9 Å². The first-order chi connectivity index (χ1) is 21.0. The zero-order valence-corrected chi connectivity index (χ0v) is 21.8. The fraction of sp³-hybridized carbons (Fsp3) is 0. The van der Waals surface area contributed by atoms with Gasteiger partial charge in [0.2, 0.25) is 0 Å². The number of aromatic nitrogens is 8. The van der Waals surface area contributed by atoms with Gasteiger partial charge in [-0.25, -0.2) is 43.1 Å². The van der Waals surface area contributed by atoms with Gasteiger partial charge in [0.15, 0.2) is 23.3 Å². The number of hydrogen-bond donors (Lipinski definition) is 2. The summed E-state index contributed by atoms with van der Waals surface area (Å²) in [6.07, 6.45) is 0. The summed E-state index contributed by atoms with van der Waals surface area (Å²) >= 11 is 0. The van der Waals surface area contributed by atoms with Crippen LogP contribution in [0.5, 0.6) is 0 Å². The van der Waals surface area contributed by atoms with Crippen molar-refractivity contribution in [2.45, 2.75) is 0 Å². The first-order valence-electron chi connectivity index (χ1n) is 13.3. The van der Waals surface area contributed by atoms with Gasteiger partial charge in [-0.15, -0.1) is 0 Å². The molecule has 0 saturated carbocycles. The Labute approximate surface area is 239 Å². The number of aromatic amines is 2. The van der Waals surface area contributed by atoms with Crippen LogP contribution in [0.3, 0.4) is 0 Å². The second kappa shape index (κ2) is 8.52. The van der Waals surface area contributed by atoms with E-state index in [-0.39, 0.29) is 11.6 Å². The Kier molecular flexibility index (Phi) is 4.70. The van der Waals surface area contributed by atoms with E-state index in [1.165, 1.54) is 36.4 Å².